The number of carbonyl (C=O) groups is 1. The molecule has 5 heteroatoms. The predicted octanol–water partition coefficient (Wildman–Crippen LogP) is 3.40. The van der Waals surface area contributed by atoms with Gasteiger partial charge in [0.1, 0.15) is 11.4 Å². The van der Waals surface area contributed by atoms with Gasteiger partial charge >= 0.3 is 6.09 Å². The first kappa shape index (κ1) is 15.3. The maximum Gasteiger partial charge on any atom is 0.410 e. The predicted molar refractivity (Wildman–Crippen MR) is 79.8 cm³/mol. The molecule has 1 saturated heterocycles. The quantitative estimate of drug-likeness (QED) is 0.911. The van der Waals surface area contributed by atoms with Crippen molar-refractivity contribution in [2.24, 2.45) is 0 Å². The summed E-state index contributed by atoms with van der Waals surface area (Å²) in [5.74, 6) is -0.281. The molecule has 1 amide bonds. The number of benzene rings is 1. The number of ether oxygens (including phenoxy) is 1. The standard InChI is InChI=1S/C17H22FNO3/c1-12(13-2-4-14(18)5-3-13)19-11-10-17(22-16(19)21)8-6-15(20)7-9-17/h2-5,12,15,20H,6-11H2,1H3. The van der Waals surface area contributed by atoms with Crippen molar-refractivity contribution in [2.75, 3.05) is 6.54 Å². The average molecular weight is 307 g/mol. The van der Waals surface area contributed by atoms with Crippen LogP contribution in [-0.2, 0) is 4.74 Å². The highest BCUT2D eigenvalue weighted by Crippen LogP contribution is 2.39. The summed E-state index contributed by atoms with van der Waals surface area (Å²) in [6.45, 7) is 2.56. The molecule has 1 heterocycles. The lowest BCUT2D eigenvalue weighted by Crippen LogP contribution is -2.52. The number of hydrogen-bond donors (Lipinski definition) is 1. The minimum atomic E-state index is -0.394. The van der Waals surface area contributed by atoms with E-state index in [4.69, 9.17) is 4.74 Å². The summed E-state index contributed by atoms with van der Waals surface area (Å²) >= 11 is 0. The Balaban J connectivity index is 1.68. The Morgan fingerprint density at radius 2 is 1.91 bits per heavy atom. The molecule has 2 aliphatic rings. The number of halogens is 1. The molecule has 1 aliphatic carbocycles. The first-order valence-electron chi connectivity index (χ1n) is 7.92. The van der Waals surface area contributed by atoms with Crippen molar-refractivity contribution in [1.82, 2.24) is 4.90 Å². The molecule has 1 saturated carbocycles. The number of amides is 1. The molecule has 1 atom stereocenters. The fraction of sp³-hybridized carbons (Fsp3) is 0.588. The van der Waals surface area contributed by atoms with Gasteiger partial charge in [0.25, 0.3) is 0 Å². The number of nitrogens with zero attached hydrogens (tertiary/aromatic N) is 1. The number of hydrogen-bond acceptors (Lipinski definition) is 3. The third-order valence-corrected chi connectivity index (χ3v) is 5.03. The van der Waals surface area contributed by atoms with Gasteiger partial charge in [0.2, 0.25) is 0 Å². The molecule has 1 aromatic rings. The molecular formula is C17H22FNO3. The first-order chi connectivity index (χ1) is 10.5. The van der Waals surface area contributed by atoms with E-state index in [-0.39, 0.29) is 24.1 Å². The molecular weight excluding hydrogens is 285 g/mol. The molecule has 1 N–H and O–H groups in total. The van der Waals surface area contributed by atoms with E-state index in [1.54, 1.807) is 17.0 Å². The van der Waals surface area contributed by atoms with Crippen LogP contribution in [0.5, 0.6) is 0 Å². The Kier molecular flexibility index (Phi) is 4.08. The Hall–Kier alpha value is -1.62. The van der Waals surface area contributed by atoms with Gasteiger partial charge in [-0.1, -0.05) is 12.1 Å². The van der Waals surface area contributed by atoms with Crippen molar-refractivity contribution >= 4 is 6.09 Å². The Labute approximate surface area is 129 Å². The van der Waals surface area contributed by atoms with Crippen LogP contribution in [0, 0.1) is 5.82 Å². The van der Waals surface area contributed by atoms with E-state index in [1.165, 1.54) is 12.1 Å². The Morgan fingerprint density at radius 1 is 1.27 bits per heavy atom. The second-order valence-corrected chi connectivity index (χ2v) is 6.45. The van der Waals surface area contributed by atoms with Crippen LogP contribution in [0.4, 0.5) is 9.18 Å². The van der Waals surface area contributed by atoms with Gasteiger partial charge in [0, 0.05) is 13.0 Å². The van der Waals surface area contributed by atoms with Gasteiger partial charge in [0.15, 0.2) is 0 Å². The number of carbonyl (C=O) groups excluding carboxylic acids is 1. The highest BCUT2D eigenvalue weighted by Gasteiger charge is 2.44. The number of aliphatic hydroxyl groups excluding tert-OH is 1. The van der Waals surface area contributed by atoms with Crippen LogP contribution in [0.2, 0.25) is 0 Å². The van der Waals surface area contributed by atoms with E-state index < -0.39 is 5.60 Å². The highest BCUT2D eigenvalue weighted by atomic mass is 19.1. The molecule has 0 bridgehead atoms. The molecule has 3 rings (SSSR count). The molecule has 120 valence electrons. The zero-order valence-electron chi connectivity index (χ0n) is 12.8. The SMILES string of the molecule is CC(c1ccc(F)cc1)N1CCC2(CCC(O)CC2)OC1=O. The zero-order chi connectivity index (χ0) is 15.7. The van der Waals surface area contributed by atoms with E-state index in [0.29, 0.717) is 19.4 Å². The van der Waals surface area contributed by atoms with Crippen molar-refractivity contribution in [3.05, 3.63) is 35.6 Å². The molecule has 1 spiro atoms. The summed E-state index contributed by atoms with van der Waals surface area (Å²) in [6.07, 6.45) is 3.08. The minimum absolute atomic E-state index is 0.139. The van der Waals surface area contributed by atoms with Crippen LogP contribution in [0.1, 0.15) is 50.6 Å². The summed E-state index contributed by atoms with van der Waals surface area (Å²) in [4.78, 5) is 14.1. The molecule has 0 radical (unpaired) electrons. The molecule has 0 aromatic heterocycles. The van der Waals surface area contributed by atoms with Crippen molar-refractivity contribution in [3.63, 3.8) is 0 Å². The van der Waals surface area contributed by atoms with Crippen LogP contribution < -0.4 is 0 Å². The van der Waals surface area contributed by atoms with Crippen molar-refractivity contribution in [3.8, 4) is 0 Å². The van der Waals surface area contributed by atoms with Crippen LogP contribution in [0.25, 0.3) is 0 Å². The summed E-state index contributed by atoms with van der Waals surface area (Å²) < 4.78 is 18.8. The average Bonchev–Trinajstić information content (AvgIpc) is 2.51. The van der Waals surface area contributed by atoms with Crippen LogP contribution in [-0.4, -0.2) is 34.3 Å². The van der Waals surface area contributed by atoms with E-state index >= 15 is 0 Å². The van der Waals surface area contributed by atoms with Gasteiger partial charge in [-0.05, 0) is 50.3 Å². The van der Waals surface area contributed by atoms with E-state index in [1.807, 2.05) is 6.92 Å². The van der Waals surface area contributed by atoms with Gasteiger partial charge in [-0.2, -0.15) is 0 Å². The second kappa shape index (κ2) is 5.88. The van der Waals surface area contributed by atoms with Gasteiger partial charge in [-0.3, -0.25) is 0 Å². The third-order valence-electron chi connectivity index (χ3n) is 5.03. The maximum absolute atomic E-state index is 13.0. The van der Waals surface area contributed by atoms with Gasteiger partial charge in [-0.25, -0.2) is 9.18 Å². The topological polar surface area (TPSA) is 49.8 Å². The molecule has 1 unspecified atom stereocenters. The van der Waals surface area contributed by atoms with Crippen molar-refractivity contribution in [1.29, 1.82) is 0 Å². The van der Waals surface area contributed by atoms with Gasteiger partial charge in [0.05, 0.1) is 12.1 Å². The summed E-state index contributed by atoms with van der Waals surface area (Å²) in [7, 11) is 0. The first-order valence-corrected chi connectivity index (χ1v) is 7.92. The fourth-order valence-corrected chi connectivity index (χ4v) is 3.46. The lowest BCUT2D eigenvalue weighted by atomic mass is 9.80. The second-order valence-electron chi connectivity index (χ2n) is 6.45. The van der Waals surface area contributed by atoms with Gasteiger partial charge < -0.3 is 14.7 Å². The van der Waals surface area contributed by atoms with Crippen LogP contribution in [0.15, 0.2) is 24.3 Å². The Morgan fingerprint density at radius 3 is 2.50 bits per heavy atom. The lowest BCUT2D eigenvalue weighted by Gasteiger charge is -2.45. The number of rotatable bonds is 2. The lowest BCUT2D eigenvalue weighted by molar-refractivity contribution is -0.0908. The molecule has 4 nitrogen and oxygen atoms in total. The molecule has 2 fully saturated rings. The van der Waals surface area contributed by atoms with Gasteiger partial charge in [-0.15, -0.1) is 0 Å². The van der Waals surface area contributed by atoms with Crippen molar-refractivity contribution < 1.29 is 19.0 Å². The number of aliphatic hydroxyl groups is 1. The normalized spacial score (nSPS) is 30.2. The smallest absolute Gasteiger partial charge is 0.410 e. The largest absolute Gasteiger partial charge is 0.443 e. The maximum atomic E-state index is 13.0. The summed E-state index contributed by atoms with van der Waals surface area (Å²) in [5, 5.41) is 9.62. The monoisotopic (exact) mass is 307 g/mol. The van der Waals surface area contributed by atoms with E-state index in [0.717, 1.165) is 24.8 Å². The molecule has 22 heavy (non-hydrogen) atoms. The van der Waals surface area contributed by atoms with Crippen molar-refractivity contribution in [2.45, 2.75) is 56.8 Å². The minimum Gasteiger partial charge on any atom is -0.443 e. The van der Waals surface area contributed by atoms with Crippen LogP contribution >= 0.6 is 0 Å². The summed E-state index contributed by atoms with van der Waals surface area (Å²) in [5.41, 5.74) is 0.503. The molecule has 1 aromatic carbocycles. The van der Waals surface area contributed by atoms with E-state index in [2.05, 4.69) is 0 Å². The van der Waals surface area contributed by atoms with E-state index in [9.17, 15) is 14.3 Å². The fourth-order valence-electron chi connectivity index (χ4n) is 3.46. The highest BCUT2D eigenvalue weighted by molar-refractivity contribution is 5.69. The third kappa shape index (κ3) is 2.95. The Bertz CT molecular complexity index is 537. The zero-order valence-corrected chi connectivity index (χ0v) is 12.8. The molecule has 1 aliphatic heterocycles. The summed E-state index contributed by atoms with van der Waals surface area (Å²) in [6, 6.07) is 6.08. The van der Waals surface area contributed by atoms with Crippen LogP contribution in [0.3, 0.4) is 0 Å².